The molecule has 0 aromatic heterocycles. The molecule has 1 fully saturated rings. The number of carbonyl (C=O) groups is 1. The van der Waals surface area contributed by atoms with Crippen LogP contribution < -0.4 is 0 Å². The molecule has 4 nitrogen and oxygen atoms in total. The lowest BCUT2D eigenvalue weighted by Gasteiger charge is -2.22. The van der Waals surface area contributed by atoms with E-state index in [0.29, 0.717) is 13.1 Å². The van der Waals surface area contributed by atoms with Crippen molar-refractivity contribution in [2.24, 2.45) is 0 Å². The maximum atomic E-state index is 12.1. The Morgan fingerprint density at radius 2 is 1.61 bits per heavy atom. The molecular weight excluding hydrogens is 250 g/mol. The molecule has 1 aliphatic carbocycles. The van der Waals surface area contributed by atoms with E-state index in [0.717, 1.165) is 38.5 Å². The molecule has 106 valence electrons. The van der Waals surface area contributed by atoms with E-state index in [1.807, 2.05) is 13.8 Å². The Kier molecular flexibility index (Phi) is 6.12. The third-order valence-electron chi connectivity index (χ3n) is 3.47. The molecule has 18 heavy (non-hydrogen) atoms. The van der Waals surface area contributed by atoms with Gasteiger partial charge in [0.05, 0.1) is 5.25 Å². The zero-order valence-electron chi connectivity index (χ0n) is 11.5. The van der Waals surface area contributed by atoms with Gasteiger partial charge >= 0.3 is 0 Å². The largest absolute Gasteiger partial charge is 0.342 e. The van der Waals surface area contributed by atoms with E-state index in [-0.39, 0.29) is 16.9 Å². The van der Waals surface area contributed by atoms with Gasteiger partial charge in [0.25, 0.3) is 0 Å². The molecule has 0 aromatic rings. The van der Waals surface area contributed by atoms with Crippen LogP contribution >= 0.6 is 0 Å². The normalized spacial score (nSPS) is 17.0. The maximum absolute atomic E-state index is 12.1. The summed E-state index contributed by atoms with van der Waals surface area (Å²) >= 11 is 0. The van der Waals surface area contributed by atoms with Gasteiger partial charge in [0.2, 0.25) is 5.91 Å². The summed E-state index contributed by atoms with van der Waals surface area (Å²) in [6.45, 7) is 5.32. The second kappa shape index (κ2) is 7.12. The first-order chi connectivity index (χ1) is 8.51. The predicted octanol–water partition coefficient (Wildman–Crippen LogP) is 1.99. The summed E-state index contributed by atoms with van der Waals surface area (Å²) in [5, 5.41) is -0.272. The Hall–Kier alpha value is -0.580. The molecule has 0 saturated heterocycles. The Morgan fingerprint density at radius 3 is 2.06 bits per heavy atom. The van der Waals surface area contributed by atoms with Gasteiger partial charge in [-0.3, -0.25) is 4.79 Å². The number of hydrogen-bond donors (Lipinski definition) is 0. The van der Waals surface area contributed by atoms with Crippen molar-refractivity contribution in [3.8, 4) is 0 Å². The molecule has 0 unspecified atom stereocenters. The average molecular weight is 275 g/mol. The van der Waals surface area contributed by atoms with Gasteiger partial charge in [-0.1, -0.05) is 26.7 Å². The molecule has 5 heteroatoms. The SMILES string of the molecule is CCCN(CCC)C(=O)CS(=O)(=O)C1CCCC1. The first-order valence-electron chi connectivity index (χ1n) is 7.00. The summed E-state index contributed by atoms with van der Waals surface area (Å²) in [5.41, 5.74) is 0. The molecule has 1 amide bonds. The van der Waals surface area contributed by atoms with E-state index >= 15 is 0 Å². The molecule has 0 spiro atoms. The maximum Gasteiger partial charge on any atom is 0.237 e. The highest BCUT2D eigenvalue weighted by atomic mass is 32.2. The second-order valence-corrected chi connectivity index (χ2v) is 7.38. The van der Waals surface area contributed by atoms with Crippen LogP contribution in [-0.4, -0.2) is 43.3 Å². The number of amides is 1. The molecule has 1 rings (SSSR count). The van der Waals surface area contributed by atoms with Gasteiger partial charge in [0.1, 0.15) is 5.75 Å². The fourth-order valence-electron chi connectivity index (χ4n) is 2.53. The highest BCUT2D eigenvalue weighted by molar-refractivity contribution is 7.92. The zero-order valence-corrected chi connectivity index (χ0v) is 12.3. The highest BCUT2D eigenvalue weighted by Crippen LogP contribution is 2.25. The lowest BCUT2D eigenvalue weighted by atomic mass is 10.3. The van der Waals surface area contributed by atoms with Crippen LogP contribution in [0.25, 0.3) is 0 Å². The van der Waals surface area contributed by atoms with Crippen LogP contribution in [-0.2, 0) is 14.6 Å². The number of rotatable bonds is 7. The minimum atomic E-state index is -3.23. The van der Waals surface area contributed by atoms with Crippen LogP contribution in [0.1, 0.15) is 52.4 Å². The average Bonchev–Trinajstić information content (AvgIpc) is 2.82. The van der Waals surface area contributed by atoms with Gasteiger partial charge in [0, 0.05) is 13.1 Å². The van der Waals surface area contributed by atoms with Crippen molar-refractivity contribution < 1.29 is 13.2 Å². The van der Waals surface area contributed by atoms with Crippen molar-refractivity contribution in [1.29, 1.82) is 0 Å². The second-order valence-electron chi connectivity index (χ2n) is 5.09. The fraction of sp³-hybridized carbons (Fsp3) is 0.923. The van der Waals surface area contributed by atoms with E-state index in [4.69, 9.17) is 0 Å². The van der Waals surface area contributed by atoms with E-state index in [2.05, 4.69) is 0 Å². The van der Waals surface area contributed by atoms with Crippen LogP contribution in [0, 0.1) is 0 Å². The van der Waals surface area contributed by atoms with Gasteiger partial charge in [-0.05, 0) is 25.7 Å². The summed E-state index contributed by atoms with van der Waals surface area (Å²) in [5.74, 6) is -0.511. The molecular formula is C13H25NO3S. The topological polar surface area (TPSA) is 54.5 Å². The summed E-state index contributed by atoms with van der Waals surface area (Å²) in [7, 11) is -3.23. The van der Waals surface area contributed by atoms with Crippen molar-refractivity contribution in [3.05, 3.63) is 0 Å². The molecule has 1 aliphatic rings. The number of carbonyl (C=O) groups excluding carboxylic acids is 1. The Bertz CT molecular complexity index is 352. The van der Waals surface area contributed by atoms with Crippen LogP contribution in [0.3, 0.4) is 0 Å². The lowest BCUT2D eigenvalue weighted by Crippen LogP contribution is -2.39. The monoisotopic (exact) mass is 275 g/mol. The molecule has 0 bridgehead atoms. The van der Waals surface area contributed by atoms with Gasteiger partial charge in [-0.2, -0.15) is 0 Å². The van der Waals surface area contributed by atoms with Crippen LogP contribution in [0.4, 0.5) is 0 Å². The fourth-order valence-corrected chi connectivity index (χ4v) is 4.34. The molecule has 0 aromatic carbocycles. The Balaban J connectivity index is 2.60. The zero-order chi connectivity index (χ0) is 13.6. The summed E-state index contributed by atoms with van der Waals surface area (Å²) in [4.78, 5) is 13.7. The van der Waals surface area contributed by atoms with E-state index in [1.165, 1.54) is 0 Å². The third kappa shape index (κ3) is 4.26. The van der Waals surface area contributed by atoms with Crippen molar-refractivity contribution in [3.63, 3.8) is 0 Å². The summed E-state index contributed by atoms with van der Waals surface area (Å²) in [6.07, 6.45) is 5.16. The Morgan fingerprint density at radius 1 is 1.11 bits per heavy atom. The minimum absolute atomic E-state index is 0.217. The van der Waals surface area contributed by atoms with Gasteiger partial charge in [-0.25, -0.2) is 8.42 Å². The Labute approximate surface area is 111 Å². The first-order valence-corrected chi connectivity index (χ1v) is 8.72. The quantitative estimate of drug-likeness (QED) is 0.714. The van der Waals surface area contributed by atoms with E-state index in [1.54, 1.807) is 4.90 Å². The molecule has 0 atom stereocenters. The van der Waals surface area contributed by atoms with E-state index in [9.17, 15) is 13.2 Å². The number of nitrogens with zero attached hydrogens (tertiary/aromatic N) is 1. The van der Waals surface area contributed by atoms with Crippen molar-refractivity contribution >= 4 is 15.7 Å². The first kappa shape index (κ1) is 15.5. The van der Waals surface area contributed by atoms with Crippen LogP contribution in [0.15, 0.2) is 0 Å². The lowest BCUT2D eigenvalue weighted by molar-refractivity contribution is -0.128. The third-order valence-corrected chi connectivity index (χ3v) is 5.61. The predicted molar refractivity (Wildman–Crippen MR) is 73.2 cm³/mol. The van der Waals surface area contributed by atoms with Crippen molar-refractivity contribution in [2.45, 2.75) is 57.6 Å². The van der Waals surface area contributed by atoms with Crippen molar-refractivity contribution in [1.82, 2.24) is 4.90 Å². The highest BCUT2D eigenvalue weighted by Gasteiger charge is 2.31. The molecule has 0 heterocycles. The van der Waals surface area contributed by atoms with E-state index < -0.39 is 9.84 Å². The van der Waals surface area contributed by atoms with Gasteiger partial charge in [0.15, 0.2) is 9.84 Å². The number of hydrogen-bond acceptors (Lipinski definition) is 3. The molecule has 0 radical (unpaired) electrons. The van der Waals surface area contributed by atoms with Gasteiger partial charge < -0.3 is 4.90 Å². The van der Waals surface area contributed by atoms with Crippen molar-refractivity contribution in [2.75, 3.05) is 18.8 Å². The smallest absolute Gasteiger partial charge is 0.237 e. The molecule has 0 aliphatic heterocycles. The van der Waals surface area contributed by atoms with Crippen LogP contribution in [0.5, 0.6) is 0 Å². The summed E-state index contributed by atoms with van der Waals surface area (Å²) < 4.78 is 24.2. The molecule has 1 saturated carbocycles. The molecule has 0 N–H and O–H groups in total. The summed E-state index contributed by atoms with van der Waals surface area (Å²) in [6, 6.07) is 0. The van der Waals surface area contributed by atoms with Gasteiger partial charge in [-0.15, -0.1) is 0 Å². The van der Waals surface area contributed by atoms with Crippen LogP contribution in [0.2, 0.25) is 0 Å². The minimum Gasteiger partial charge on any atom is -0.342 e. The number of sulfone groups is 1. The standard InChI is InChI=1S/C13H25NO3S/c1-3-9-14(10-4-2)13(15)11-18(16,17)12-7-5-6-8-12/h12H,3-11H2,1-2H3.